The van der Waals surface area contributed by atoms with E-state index < -0.39 is 0 Å². The van der Waals surface area contributed by atoms with Gasteiger partial charge in [0.2, 0.25) is 5.91 Å². The molecule has 2 saturated heterocycles. The molecule has 0 atom stereocenters. The van der Waals surface area contributed by atoms with E-state index in [1.165, 1.54) is 17.4 Å². The van der Waals surface area contributed by atoms with Crippen molar-refractivity contribution in [3.8, 4) is 11.3 Å². The summed E-state index contributed by atoms with van der Waals surface area (Å²) in [5.41, 5.74) is 3.06. The molecule has 0 saturated carbocycles. The summed E-state index contributed by atoms with van der Waals surface area (Å²) in [6.45, 7) is 5.22. The summed E-state index contributed by atoms with van der Waals surface area (Å²) in [7, 11) is 0. The second-order valence-electron chi connectivity index (χ2n) is 7.94. The summed E-state index contributed by atoms with van der Waals surface area (Å²) in [6, 6.07) is 10.7. The molecule has 0 bridgehead atoms. The Morgan fingerprint density at radius 1 is 0.967 bits per heavy atom. The normalized spacial score (nSPS) is 17.8. The molecule has 0 unspecified atom stereocenters. The number of likely N-dealkylation sites (tertiary alicyclic amines) is 1. The van der Waals surface area contributed by atoms with Crippen LogP contribution in [0.15, 0.2) is 36.4 Å². The molecular formula is C23H27FN4O2. The molecule has 3 heterocycles. The molecule has 0 spiro atoms. The standard InChI is InChI=1S/C23H27FN4O2/c1-2-28-22(29)16-27(23(28)30)14-17-6-8-18(9-7-17)20-11-10-19(24)21(25-20)15-26-12-4-3-5-13-26/h6-11H,2-5,12-16H2,1H3. The highest BCUT2D eigenvalue weighted by atomic mass is 19.1. The van der Waals surface area contributed by atoms with Gasteiger partial charge in [0.15, 0.2) is 0 Å². The summed E-state index contributed by atoms with van der Waals surface area (Å²) in [5, 5.41) is 0. The number of aromatic nitrogens is 1. The van der Waals surface area contributed by atoms with Crippen LogP contribution in [0.2, 0.25) is 0 Å². The molecule has 6 nitrogen and oxygen atoms in total. The van der Waals surface area contributed by atoms with E-state index in [4.69, 9.17) is 0 Å². The molecule has 1 aromatic carbocycles. The van der Waals surface area contributed by atoms with Gasteiger partial charge in [-0.05, 0) is 50.6 Å². The van der Waals surface area contributed by atoms with E-state index in [1.54, 1.807) is 17.9 Å². The second kappa shape index (κ2) is 8.92. The quantitative estimate of drug-likeness (QED) is 0.682. The third kappa shape index (κ3) is 4.36. The molecule has 0 aliphatic carbocycles. The SMILES string of the molecule is CCN1C(=O)CN(Cc2ccc(-c3ccc(F)c(CN4CCCCC4)n3)cc2)C1=O. The van der Waals surface area contributed by atoms with Crippen LogP contribution >= 0.6 is 0 Å². The Morgan fingerprint density at radius 3 is 2.37 bits per heavy atom. The van der Waals surface area contributed by atoms with Crippen LogP contribution in [0, 0.1) is 5.82 Å². The highest BCUT2D eigenvalue weighted by molar-refractivity contribution is 6.01. The zero-order valence-electron chi connectivity index (χ0n) is 17.3. The van der Waals surface area contributed by atoms with Gasteiger partial charge in [-0.1, -0.05) is 30.7 Å². The highest BCUT2D eigenvalue weighted by Crippen LogP contribution is 2.22. The number of pyridine rings is 1. The Balaban J connectivity index is 1.45. The number of piperidine rings is 1. The lowest BCUT2D eigenvalue weighted by atomic mass is 10.1. The van der Waals surface area contributed by atoms with Crippen molar-refractivity contribution in [2.75, 3.05) is 26.2 Å². The van der Waals surface area contributed by atoms with Gasteiger partial charge in [0.25, 0.3) is 0 Å². The minimum Gasteiger partial charge on any atom is -0.311 e. The molecule has 4 rings (SSSR count). The molecule has 3 amide bonds. The average Bonchev–Trinajstić information content (AvgIpc) is 3.03. The molecule has 30 heavy (non-hydrogen) atoms. The number of carbonyl (C=O) groups is 2. The van der Waals surface area contributed by atoms with Crippen molar-refractivity contribution in [1.29, 1.82) is 0 Å². The van der Waals surface area contributed by atoms with Crippen LogP contribution in [0.4, 0.5) is 9.18 Å². The first-order valence-corrected chi connectivity index (χ1v) is 10.6. The number of benzene rings is 1. The minimum absolute atomic E-state index is 0.119. The first-order valence-electron chi connectivity index (χ1n) is 10.6. The number of hydrogen-bond acceptors (Lipinski definition) is 4. The van der Waals surface area contributed by atoms with Crippen molar-refractivity contribution in [2.45, 2.75) is 39.3 Å². The average molecular weight is 410 g/mol. The van der Waals surface area contributed by atoms with Gasteiger partial charge < -0.3 is 4.90 Å². The van der Waals surface area contributed by atoms with Crippen molar-refractivity contribution >= 4 is 11.9 Å². The van der Waals surface area contributed by atoms with Crippen LogP contribution in [-0.2, 0) is 17.9 Å². The molecule has 0 radical (unpaired) electrons. The van der Waals surface area contributed by atoms with Crippen molar-refractivity contribution in [1.82, 2.24) is 19.7 Å². The van der Waals surface area contributed by atoms with E-state index >= 15 is 0 Å². The molecule has 158 valence electrons. The first kappa shape index (κ1) is 20.5. The zero-order valence-corrected chi connectivity index (χ0v) is 17.3. The van der Waals surface area contributed by atoms with Crippen LogP contribution in [0.1, 0.15) is 37.4 Å². The Hall–Kier alpha value is -2.80. The highest BCUT2D eigenvalue weighted by Gasteiger charge is 2.34. The number of halogens is 1. The zero-order chi connectivity index (χ0) is 21.1. The van der Waals surface area contributed by atoms with Crippen molar-refractivity contribution in [3.63, 3.8) is 0 Å². The fourth-order valence-electron chi connectivity index (χ4n) is 4.12. The van der Waals surface area contributed by atoms with Gasteiger partial charge in [-0.15, -0.1) is 0 Å². The number of rotatable bonds is 6. The molecule has 2 aliphatic rings. The number of nitrogens with zero attached hydrogens (tertiary/aromatic N) is 4. The lowest BCUT2D eigenvalue weighted by molar-refractivity contribution is -0.125. The lowest BCUT2D eigenvalue weighted by Gasteiger charge is -2.26. The fraction of sp³-hybridized carbons (Fsp3) is 0.435. The predicted octanol–water partition coefficient (Wildman–Crippen LogP) is 3.66. The summed E-state index contributed by atoms with van der Waals surface area (Å²) in [4.78, 5) is 33.8. The van der Waals surface area contributed by atoms with Gasteiger partial charge in [0, 0.05) is 25.2 Å². The van der Waals surface area contributed by atoms with Crippen LogP contribution in [0.25, 0.3) is 11.3 Å². The van der Waals surface area contributed by atoms with E-state index in [-0.39, 0.29) is 24.3 Å². The number of urea groups is 1. The van der Waals surface area contributed by atoms with Crippen molar-refractivity contribution in [3.05, 3.63) is 53.5 Å². The number of amides is 3. The van der Waals surface area contributed by atoms with Crippen molar-refractivity contribution < 1.29 is 14.0 Å². The summed E-state index contributed by atoms with van der Waals surface area (Å²) in [5.74, 6) is -0.422. The smallest absolute Gasteiger partial charge is 0.311 e. The number of hydrogen-bond donors (Lipinski definition) is 0. The maximum atomic E-state index is 14.3. The summed E-state index contributed by atoms with van der Waals surface area (Å²) < 4.78 is 14.3. The van der Waals surface area contributed by atoms with Gasteiger partial charge in [-0.2, -0.15) is 0 Å². The van der Waals surface area contributed by atoms with Crippen molar-refractivity contribution in [2.24, 2.45) is 0 Å². The van der Waals surface area contributed by atoms with Gasteiger partial charge in [-0.25, -0.2) is 14.2 Å². The third-order valence-electron chi connectivity index (χ3n) is 5.81. The second-order valence-corrected chi connectivity index (χ2v) is 7.94. The minimum atomic E-state index is -0.265. The van der Waals surface area contributed by atoms with Gasteiger partial charge in [0.05, 0.1) is 11.4 Å². The van der Waals surface area contributed by atoms with E-state index in [9.17, 15) is 14.0 Å². The van der Waals surface area contributed by atoms with Crippen LogP contribution in [-0.4, -0.2) is 57.8 Å². The fourth-order valence-corrected chi connectivity index (χ4v) is 4.12. The maximum Gasteiger partial charge on any atom is 0.327 e. The van der Waals surface area contributed by atoms with Crippen LogP contribution in [0.3, 0.4) is 0 Å². The molecule has 1 aromatic heterocycles. The Labute approximate surface area is 176 Å². The van der Waals surface area contributed by atoms with E-state index in [0.29, 0.717) is 25.3 Å². The van der Waals surface area contributed by atoms with E-state index in [0.717, 1.165) is 42.8 Å². The summed E-state index contributed by atoms with van der Waals surface area (Å²) in [6.07, 6.45) is 3.56. The Bertz CT molecular complexity index is 925. The van der Waals surface area contributed by atoms with Gasteiger partial charge in [0.1, 0.15) is 12.4 Å². The number of imide groups is 1. The first-order chi connectivity index (χ1) is 14.5. The topological polar surface area (TPSA) is 56.8 Å². The maximum absolute atomic E-state index is 14.3. The van der Waals surface area contributed by atoms with Gasteiger partial charge in [-0.3, -0.25) is 14.6 Å². The monoisotopic (exact) mass is 410 g/mol. The molecule has 2 aliphatic heterocycles. The van der Waals surface area contributed by atoms with Crippen LogP contribution in [0.5, 0.6) is 0 Å². The van der Waals surface area contributed by atoms with Gasteiger partial charge >= 0.3 is 6.03 Å². The Kier molecular flexibility index (Phi) is 6.08. The lowest BCUT2D eigenvalue weighted by Crippen LogP contribution is -2.32. The Morgan fingerprint density at radius 2 is 1.70 bits per heavy atom. The molecule has 0 N–H and O–H groups in total. The van der Waals surface area contributed by atoms with E-state index in [1.807, 2.05) is 24.3 Å². The molecule has 7 heteroatoms. The number of likely N-dealkylation sites (N-methyl/N-ethyl adjacent to an activating group) is 1. The van der Waals surface area contributed by atoms with Crippen LogP contribution < -0.4 is 0 Å². The molecule has 2 fully saturated rings. The third-order valence-corrected chi connectivity index (χ3v) is 5.81. The number of carbonyl (C=O) groups excluding carboxylic acids is 2. The summed E-state index contributed by atoms with van der Waals surface area (Å²) >= 11 is 0. The predicted molar refractivity (Wildman–Crippen MR) is 112 cm³/mol. The van der Waals surface area contributed by atoms with E-state index in [2.05, 4.69) is 9.88 Å². The molecular weight excluding hydrogens is 383 g/mol. The largest absolute Gasteiger partial charge is 0.327 e. The molecule has 2 aromatic rings.